The van der Waals surface area contributed by atoms with Gasteiger partial charge in [0.25, 0.3) is 5.56 Å². The topological polar surface area (TPSA) is 34.0 Å². The summed E-state index contributed by atoms with van der Waals surface area (Å²) in [7, 11) is 0. The van der Waals surface area contributed by atoms with Crippen LogP contribution in [0.4, 0.5) is 5.82 Å². The van der Waals surface area contributed by atoms with Crippen molar-refractivity contribution in [2.75, 3.05) is 5.32 Å². The van der Waals surface area contributed by atoms with Crippen molar-refractivity contribution in [2.24, 2.45) is 0 Å². The number of aromatic nitrogens is 1. The van der Waals surface area contributed by atoms with Crippen LogP contribution in [0.2, 0.25) is 10.0 Å². The maximum atomic E-state index is 12.5. The molecule has 0 saturated heterocycles. The van der Waals surface area contributed by atoms with E-state index in [0.717, 1.165) is 16.9 Å². The molecule has 0 amide bonds. The van der Waals surface area contributed by atoms with Gasteiger partial charge in [-0.25, -0.2) is 0 Å². The van der Waals surface area contributed by atoms with Crippen molar-refractivity contribution in [3.63, 3.8) is 0 Å². The lowest BCUT2D eigenvalue weighted by Crippen LogP contribution is -2.23. The van der Waals surface area contributed by atoms with Gasteiger partial charge in [-0.3, -0.25) is 9.36 Å². The van der Waals surface area contributed by atoms with Crippen LogP contribution < -0.4 is 10.9 Å². The van der Waals surface area contributed by atoms with Gasteiger partial charge in [-0.05, 0) is 41.5 Å². The summed E-state index contributed by atoms with van der Waals surface area (Å²) in [6.07, 6.45) is 0. The van der Waals surface area contributed by atoms with Gasteiger partial charge >= 0.3 is 0 Å². The van der Waals surface area contributed by atoms with Gasteiger partial charge in [-0.2, -0.15) is 0 Å². The van der Waals surface area contributed by atoms with Crippen molar-refractivity contribution in [3.8, 4) is 0 Å². The summed E-state index contributed by atoms with van der Waals surface area (Å²) >= 11 is 12.0. The van der Waals surface area contributed by atoms with Crippen molar-refractivity contribution in [1.82, 2.24) is 4.57 Å². The minimum atomic E-state index is -0.146. The van der Waals surface area contributed by atoms with Crippen LogP contribution in [0.25, 0.3) is 0 Å². The number of pyridine rings is 1. The molecular weight excluding hydrogens is 343 g/mol. The van der Waals surface area contributed by atoms with Crippen molar-refractivity contribution in [3.05, 3.63) is 98.3 Å². The maximum absolute atomic E-state index is 12.5. The van der Waals surface area contributed by atoms with E-state index in [0.29, 0.717) is 10.0 Å². The summed E-state index contributed by atoms with van der Waals surface area (Å²) < 4.78 is 1.79. The molecule has 0 aliphatic carbocycles. The van der Waals surface area contributed by atoms with E-state index in [1.165, 1.54) is 0 Å². The summed E-state index contributed by atoms with van der Waals surface area (Å²) in [4.78, 5) is 12.5. The first kappa shape index (κ1) is 15.3. The third-order valence-corrected chi connectivity index (χ3v) is 4.83. The predicted octanol–water partition coefficient (Wildman–Crippen LogP) is 4.91. The second-order valence-electron chi connectivity index (χ2n) is 5.79. The number of fused-ring (bicyclic) bond motifs is 1. The quantitative estimate of drug-likeness (QED) is 0.707. The number of hydrogen-bond donors (Lipinski definition) is 1. The zero-order valence-electron chi connectivity index (χ0n) is 12.6. The first-order valence-electron chi connectivity index (χ1n) is 7.62. The number of halogens is 2. The lowest BCUT2D eigenvalue weighted by Gasteiger charge is -2.22. The highest BCUT2D eigenvalue weighted by molar-refractivity contribution is 6.30. The summed E-state index contributed by atoms with van der Waals surface area (Å²) in [5.41, 5.74) is 2.07. The van der Waals surface area contributed by atoms with Crippen LogP contribution in [0.1, 0.15) is 23.2 Å². The third kappa shape index (κ3) is 2.60. The normalized spacial score (nSPS) is 18.9. The van der Waals surface area contributed by atoms with Crippen molar-refractivity contribution in [2.45, 2.75) is 12.1 Å². The minimum absolute atomic E-state index is 0.0311. The Morgan fingerprint density at radius 2 is 1.38 bits per heavy atom. The van der Waals surface area contributed by atoms with Crippen LogP contribution in [0.3, 0.4) is 0 Å². The zero-order chi connectivity index (χ0) is 16.7. The molecule has 0 unspecified atom stereocenters. The number of benzene rings is 2. The van der Waals surface area contributed by atoms with Crippen molar-refractivity contribution in [1.29, 1.82) is 0 Å². The lowest BCUT2D eigenvalue weighted by atomic mass is 9.94. The minimum Gasteiger partial charge on any atom is -0.362 e. The number of hydrogen-bond acceptors (Lipinski definition) is 2. The molecule has 0 spiro atoms. The Balaban J connectivity index is 1.87. The second kappa shape index (κ2) is 6.00. The SMILES string of the molecule is O=c1cccc2n1[C@H](c1ccc(Cl)cc1)[C@H](c1ccc(Cl)cc1)N2. The van der Waals surface area contributed by atoms with E-state index >= 15 is 0 Å². The molecule has 5 heteroatoms. The Hall–Kier alpha value is -2.23. The molecule has 0 bridgehead atoms. The van der Waals surface area contributed by atoms with Crippen LogP contribution in [0, 0.1) is 0 Å². The Bertz CT molecular complexity index is 933. The highest BCUT2D eigenvalue weighted by Crippen LogP contribution is 2.41. The molecule has 1 aromatic heterocycles. The average molecular weight is 357 g/mol. The van der Waals surface area contributed by atoms with Gasteiger partial charge in [-0.1, -0.05) is 53.5 Å². The van der Waals surface area contributed by atoms with Crippen LogP contribution in [0.15, 0.2) is 71.5 Å². The second-order valence-corrected chi connectivity index (χ2v) is 6.66. The maximum Gasteiger partial charge on any atom is 0.252 e. The van der Waals surface area contributed by atoms with Gasteiger partial charge in [-0.15, -0.1) is 0 Å². The summed E-state index contributed by atoms with van der Waals surface area (Å²) in [5.74, 6) is 0.808. The van der Waals surface area contributed by atoms with Gasteiger partial charge in [0.1, 0.15) is 5.82 Å². The molecule has 3 nitrogen and oxygen atoms in total. The molecule has 2 atom stereocenters. The van der Waals surface area contributed by atoms with E-state index in [9.17, 15) is 4.79 Å². The van der Waals surface area contributed by atoms with E-state index in [1.807, 2.05) is 54.6 Å². The Labute approximate surface area is 149 Å². The molecule has 1 aliphatic heterocycles. The molecule has 0 saturated carbocycles. The molecule has 0 radical (unpaired) electrons. The zero-order valence-corrected chi connectivity index (χ0v) is 14.1. The molecule has 0 fully saturated rings. The van der Waals surface area contributed by atoms with Crippen LogP contribution in [-0.4, -0.2) is 4.57 Å². The number of rotatable bonds is 2. The van der Waals surface area contributed by atoms with Gasteiger partial charge in [0.05, 0.1) is 12.1 Å². The van der Waals surface area contributed by atoms with Crippen LogP contribution in [0.5, 0.6) is 0 Å². The van der Waals surface area contributed by atoms with E-state index in [4.69, 9.17) is 23.2 Å². The first-order valence-corrected chi connectivity index (χ1v) is 8.38. The molecular formula is C19H14Cl2N2O. The number of nitrogens with one attached hydrogen (secondary N) is 1. The monoisotopic (exact) mass is 356 g/mol. The Kier molecular flexibility index (Phi) is 3.83. The number of anilines is 1. The molecule has 4 rings (SSSR count). The highest BCUT2D eigenvalue weighted by atomic mass is 35.5. The number of nitrogens with zero attached hydrogens (tertiary/aromatic N) is 1. The van der Waals surface area contributed by atoms with Crippen LogP contribution in [-0.2, 0) is 0 Å². The fourth-order valence-electron chi connectivity index (χ4n) is 3.23. The molecule has 24 heavy (non-hydrogen) atoms. The van der Waals surface area contributed by atoms with E-state index in [2.05, 4.69) is 5.32 Å². The average Bonchev–Trinajstić information content (AvgIpc) is 2.97. The largest absolute Gasteiger partial charge is 0.362 e. The molecule has 3 aromatic rings. The summed E-state index contributed by atoms with van der Waals surface area (Å²) in [5, 5.41) is 4.82. The van der Waals surface area contributed by atoms with Crippen molar-refractivity contribution >= 4 is 29.0 Å². The van der Waals surface area contributed by atoms with E-state index in [-0.39, 0.29) is 17.6 Å². The fraction of sp³-hybridized carbons (Fsp3) is 0.105. The fourth-order valence-corrected chi connectivity index (χ4v) is 3.48. The first-order chi connectivity index (χ1) is 11.6. The van der Waals surface area contributed by atoms with Gasteiger partial charge < -0.3 is 5.32 Å². The molecule has 2 aromatic carbocycles. The standard InChI is InChI=1S/C19H14Cl2N2O/c20-14-8-4-12(5-9-14)18-19(13-6-10-15(21)11-7-13)23-16(22-18)2-1-3-17(23)24/h1-11,18-19,22H/t18-,19+/m0/s1. The Morgan fingerprint density at radius 3 is 2.00 bits per heavy atom. The third-order valence-electron chi connectivity index (χ3n) is 4.33. The highest BCUT2D eigenvalue weighted by Gasteiger charge is 2.34. The predicted molar refractivity (Wildman–Crippen MR) is 98.1 cm³/mol. The van der Waals surface area contributed by atoms with Gasteiger partial charge in [0.2, 0.25) is 0 Å². The van der Waals surface area contributed by atoms with Crippen LogP contribution >= 0.6 is 23.2 Å². The smallest absolute Gasteiger partial charge is 0.252 e. The Morgan fingerprint density at radius 1 is 0.792 bits per heavy atom. The van der Waals surface area contributed by atoms with Gasteiger partial charge in [0.15, 0.2) is 0 Å². The van der Waals surface area contributed by atoms with Crippen molar-refractivity contribution < 1.29 is 0 Å². The summed E-state index contributed by atoms with van der Waals surface area (Å²) in [6.45, 7) is 0. The molecule has 1 aliphatic rings. The van der Waals surface area contributed by atoms with E-state index < -0.39 is 0 Å². The lowest BCUT2D eigenvalue weighted by molar-refractivity contribution is 0.556. The molecule has 2 heterocycles. The summed E-state index contributed by atoms with van der Waals surface area (Å²) in [6, 6.07) is 20.4. The van der Waals surface area contributed by atoms with E-state index in [1.54, 1.807) is 16.7 Å². The molecule has 120 valence electrons. The van der Waals surface area contributed by atoms with Gasteiger partial charge in [0, 0.05) is 16.1 Å². The molecule has 1 N–H and O–H groups in total.